The first kappa shape index (κ1) is 19.8. The van der Waals surface area contributed by atoms with Crippen LogP contribution < -0.4 is 10.1 Å². The zero-order chi connectivity index (χ0) is 20.1. The summed E-state index contributed by atoms with van der Waals surface area (Å²) in [7, 11) is 1.64. The number of benzene rings is 1. The summed E-state index contributed by atoms with van der Waals surface area (Å²) >= 11 is 0. The van der Waals surface area contributed by atoms with Gasteiger partial charge in [-0.15, -0.1) is 10.2 Å². The Labute approximate surface area is 164 Å². The molecule has 2 aromatic heterocycles. The van der Waals surface area contributed by atoms with Crippen molar-refractivity contribution in [2.45, 2.75) is 46.5 Å². The Morgan fingerprint density at radius 2 is 2.04 bits per heavy atom. The van der Waals surface area contributed by atoms with Gasteiger partial charge in [0.1, 0.15) is 11.6 Å². The molecule has 3 rings (SSSR count). The number of aryl methyl sites for hydroxylation is 1. The molecule has 0 fully saturated rings. The molecule has 28 heavy (non-hydrogen) atoms. The van der Waals surface area contributed by atoms with E-state index in [-0.39, 0.29) is 5.78 Å². The fraction of sp³-hybridized carbons (Fsp3) is 0.429. The number of fused-ring (bicyclic) bond motifs is 3. The Balaban J connectivity index is 1.67. The van der Waals surface area contributed by atoms with Crippen molar-refractivity contribution in [1.29, 1.82) is 0 Å². The molecular formula is C21H27N5O2. The maximum Gasteiger partial charge on any atom is 0.204 e. The zero-order valence-corrected chi connectivity index (χ0v) is 17.0. The highest BCUT2D eigenvalue weighted by molar-refractivity contribution is 5.90. The Bertz CT molecular complexity index is 1020. The first-order chi connectivity index (χ1) is 13.5. The van der Waals surface area contributed by atoms with Crippen LogP contribution in [-0.4, -0.2) is 39.0 Å². The van der Waals surface area contributed by atoms with Gasteiger partial charge in [0, 0.05) is 19.0 Å². The van der Waals surface area contributed by atoms with Crippen LogP contribution in [0.15, 0.2) is 29.8 Å². The van der Waals surface area contributed by atoms with Crippen molar-refractivity contribution >= 4 is 28.3 Å². The monoisotopic (exact) mass is 381 g/mol. The van der Waals surface area contributed by atoms with Gasteiger partial charge in [-0.05, 0) is 51.8 Å². The third-order valence-electron chi connectivity index (χ3n) is 4.53. The molecule has 0 spiro atoms. The summed E-state index contributed by atoms with van der Waals surface area (Å²) in [5.41, 5.74) is 3.54. The van der Waals surface area contributed by atoms with Crippen LogP contribution in [0.5, 0.6) is 5.75 Å². The molecule has 1 N–H and O–H groups in total. The summed E-state index contributed by atoms with van der Waals surface area (Å²) in [6.45, 7) is 6.58. The molecule has 7 nitrogen and oxygen atoms in total. The fourth-order valence-electron chi connectivity index (χ4n) is 3.20. The van der Waals surface area contributed by atoms with Gasteiger partial charge in [-0.1, -0.05) is 12.0 Å². The Kier molecular flexibility index (Phi) is 6.23. The number of carbonyl (C=O) groups is 1. The van der Waals surface area contributed by atoms with Gasteiger partial charge in [-0.25, -0.2) is 4.98 Å². The van der Waals surface area contributed by atoms with Crippen molar-refractivity contribution in [3.8, 4) is 5.75 Å². The summed E-state index contributed by atoms with van der Waals surface area (Å²) < 4.78 is 7.32. The van der Waals surface area contributed by atoms with Crippen molar-refractivity contribution in [3.63, 3.8) is 0 Å². The van der Waals surface area contributed by atoms with Crippen LogP contribution in [0, 0.1) is 6.92 Å². The third kappa shape index (κ3) is 4.47. The number of hydrogen-bond donors (Lipinski definition) is 1. The minimum absolute atomic E-state index is 0.207. The highest BCUT2D eigenvalue weighted by Gasteiger charge is 2.13. The van der Waals surface area contributed by atoms with E-state index in [0.29, 0.717) is 17.9 Å². The number of ketones is 1. The summed E-state index contributed by atoms with van der Waals surface area (Å²) in [5.74, 6) is 2.49. The first-order valence-electron chi connectivity index (χ1n) is 9.60. The second kappa shape index (κ2) is 8.82. The Morgan fingerprint density at radius 3 is 2.79 bits per heavy atom. The molecule has 0 saturated carbocycles. The van der Waals surface area contributed by atoms with E-state index < -0.39 is 0 Å². The van der Waals surface area contributed by atoms with Crippen molar-refractivity contribution in [1.82, 2.24) is 19.6 Å². The van der Waals surface area contributed by atoms with E-state index >= 15 is 0 Å². The van der Waals surface area contributed by atoms with E-state index in [1.165, 1.54) is 0 Å². The molecular weight excluding hydrogens is 354 g/mol. The number of rotatable bonds is 9. The van der Waals surface area contributed by atoms with Crippen LogP contribution in [0.25, 0.3) is 16.7 Å². The third-order valence-corrected chi connectivity index (χ3v) is 4.53. The van der Waals surface area contributed by atoms with E-state index in [2.05, 4.69) is 15.5 Å². The van der Waals surface area contributed by atoms with Gasteiger partial charge < -0.3 is 10.1 Å². The standard InChI is InChI=1S/C21H27N5O2/c1-14(2)12-16(27)8-6-5-7-11-22-20-21-25-24-15(3)26(21)19-10-9-17(28-4)13-18(19)23-20/h9-10,12-13H,5-8,11H2,1-4H3,(H,22,23). The largest absolute Gasteiger partial charge is 0.497 e. The number of nitrogens with one attached hydrogen (secondary N) is 1. The van der Waals surface area contributed by atoms with Crippen LogP contribution in [-0.2, 0) is 4.79 Å². The van der Waals surface area contributed by atoms with E-state index in [0.717, 1.165) is 54.0 Å². The molecule has 1 aromatic carbocycles. The molecule has 0 aliphatic rings. The molecule has 0 atom stereocenters. The van der Waals surface area contributed by atoms with E-state index in [4.69, 9.17) is 9.72 Å². The van der Waals surface area contributed by atoms with Crippen LogP contribution in [0.1, 0.15) is 45.4 Å². The van der Waals surface area contributed by atoms with E-state index in [1.54, 1.807) is 13.2 Å². The van der Waals surface area contributed by atoms with Crippen molar-refractivity contribution in [2.75, 3.05) is 19.0 Å². The number of methoxy groups -OCH3 is 1. The van der Waals surface area contributed by atoms with Gasteiger partial charge in [0.2, 0.25) is 5.65 Å². The average molecular weight is 381 g/mol. The fourth-order valence-corrected chi connectivity index (χ4v) is 3.20. The van der Waals surface area contributed by atoms with Crippen molar-refractivity contribution in [2.24, 2.45) is 0 Å². The molecule has 0 amide bonds. The molecule has 7 heteroatoms. The molecule has 0 aliphatic heterocycles. The van der Waals surface area contributed by atoms with Gasteiger partial charge in [-0.3, -0.25) is 9.20 Å². The predicted octanol–water partition coefficient (Wildman–Crippen LogP) is 4.10. The second-order valence-electron chi connectivity index (χ2n) is 7.15. The zero-order valence-electron chi connectivity index (χ0n) is 17.0. The number of aromatic nitrogens is 4. The van der Waals surface area contributed by atoms with Gasteiger partial charge in [0.25, 0.3) is 0 Å². The molecule has 2 heterocycles. The maximum atomic E-state index is 11.7. The molecule has 0 bridgehead atoms. The highest BCUT2D eigenvalue weighted by atomic mass is 16.5. The molecule has 0 unspecified atom stereocenters. The number of allylic oxidation sites excluding steroid dienone is 2. The number of unbranched alkanes of at least 4 members (excludes halogenated alkanes) is 2. The maximum absolute atomic E-state index is 11.7. The molecule has 0 radical (unpaired) electrons. The SMILES string of the molecule is COc1ccc2c(c1)nc(NCCCCCC(=O)C=C(C)C)c1nnc(C)n12. The lowest BCUT2D eigenvalue weighted by atomic mass is 10.1. The predicted molar refractivity (Wildman–Crippen MR) is 111 cm³/mol. The van der Waals surface area contributed by atoms with Gasteiger partial charge in [-0.2, -0.15) is 0 Å². The molecule has 3 aromatic rings. The average Bonchev–Trinajstić information content (AvgIpc) is 3.05. The van der Waals surface area contributed by atoms with Gasteiger partial charge in [0.05, 0.1) is 18.1 Å². The van der Waals surface area contributed by atoms with Crippen molar-refractivity contribution < 1.29 is 9.53 Å². The number of carbonyl (C=O) groups excluding carboxylic acids is 1. The van der Waals surface area contributed by atoms with Crippen LogP contribution in [0.2, 0.25) is 0 Å². The van der Waals surface area contributed by atoms with E-state index in [1.807, 2.05) is 43.4 Å². The van der Waals surface area contributed by atoms with Crippen molar-refractivity contribution in [3.05, 3.63) is 35.7 Å². The number of nitrogens with zero attached hydrogens (tertiary/aromatic N) is 4. The number of ether oxygens (including phenoxy) is 1. The lowest BCUT2D eigenvalue weighted by Crippen LogP contribution is -2.07. The quantitative estimate of drug-likeness (QED) is 0.444. The lowest BCUT2D eigenvalue weighted by molar-refractivity contribution is -0.114. The summed E-state index contributed by atoms with van der Waals surface area (Å²) in [6, 6.07) is 5.79. The topological polar surface area (TPSA) is 81.4 Å². The number of hydrogen-bond acceptors (Lipinski definition) is 6. The lowest BCUT2D eigenvalue weighted by Gasteiger charge is -2.10. The molecule has 0 saturated heterocycles. The summed E-state index contributed by atoms with van der Waals surface area (Å²) in [4.78, 5) is 16.4. The van der Waals surface area contributed by atoms with Crippen LogP contribution in [0.3, 0.4) is 0 Å². The number of anilines is 1. The highest BCUT2D eigenvalue weighted by Crippen LogP contribution is 2.25. The molecule has 148 valence electrons. The normalized spacial score (nSPS) is 11.0. The minimum Gasteiger partial charge on any atom is -0.497 e. The first-order valence-corrected chi connectivity index (χ1v) is 9.60. The second-order valence-corrected chi connectivity index (χ2v) is 7.15. The van der Waals surface area contributed by atoms with Crippen LogP contribution in [0.4, 0.5) is 5.82 Å². The van der Waals surface area contributed by atoms with Gasteiger partial charge >= 0.3 is 0 Å². The Hall–Kier alpha value is -2.96. The minimum atomic E-state index is 0.207. The summed E-state index contributed by atoms with van der Waals surface area (Å²) in [5, 5.41) is 11.9. The molecule has 0 aliphatic carbocycles. The van der Waals surface area contributed by atoms with Crippen LogP contribution >= 0.6 is 0 Å². The van der Waals surface area contributed by atoms with E-state index in [9.17, 15) is 4.79 Å². The van der Waals surface area contributed by atoms with Gasteiger partial charge in [0.15, 0.2) is 11.6 Å². The summed E-state index contributed by atoms with van der Waals surface area (Å²) in [6.07, 6.45) is 5.16. The smallest absolute Gasteiger partial charge is 0.204 e. The Morgan fingerprint density at radius 1 is 1.21 bits per heavy atom.